The average molecular weight is 224 g/mol. The van der Waals surface area contributed by atoms with Crippen LogP contribution in [0.1, 0.15) is 42.5 Å². The van der Waals surface area contributed by atoms with Crippen molar-refractivity contribution in [1.29, 1.82) is 0 Å². The van der Waals surface area contributed by atoms with Gasteiger partial charge in [-0.1, -0.05) is 0 Å². The zero-order chi connectivity index (χ0) is 11.1. The van der Waals surface area contributed by atoms with Gasteiger partial charge in [-0.3, -0.25) is 9.48 Å². The van der Waals surface area contributed by atoms with Gasteiger partial charge in [0.15, 0.2) is 6.29 Å². The Hall–Kier alpha value is -0.770. The Morgan fingerprint density at radius 1 is 1.47 bits per heavy atom. The fourth-order valence-corrected chi connectivity index (χ4v) is 2.91. The Labute approximate surface area is 94.2 Å². The van der Waals surface area contributed by atoms with Crippen molar-refractivity contribution >= 4 is 18.0 Å². The number of carbonyl (C=O) groups excluding carboxylic acids is 1. The first-order chi connectivity index (χ1) is 7.04. The van der Waals surface area contributed by atoms with Gasteiger partial charge in [0, 0.05) is 17.0 Å². The van der Waals surface area contributed by atoms with Gasteiger partial charge in [0.05, 0.1) is 5.54 Å². The third-order valence-electron chi connectivity index (χ3n) is 2.60. The van der Waals surface area contributed by atoms with Crippen LogP contribution >= 0.6 is 11.8 Å². The molecule has 0 radical (unpaired) electrons. The summed E-state index contributed by atoms with van der Waals surface area (Å²) in [5.41, 5.74) is 3.00. The van der Waals surface area contributed by atoms with Crippen LogP contribution in [-0.2, 0) is 17.7 Å². The zero-order valence-electron chi connectivity index (χ0n) is 9.41. The van der Waals surface area contributed by atoms with Gasteiger partial charge in [-0.2, -0.15) is 16.9 Å². The summed E-state index contributed by atoms with van der Waals surface area (Å²) in [6, 6.07) is 0. The van der Waals surface area contributed by atoms with E-state index in [-0.39, 0.29) is 5.54 Å². The molecule has 3 nitrogen and oxygen atoms in total. The number of hydrogen-bond donors (Lipinski definition) is 0. The molecule has 0 fully saturated rings. The maximum atomic E-state index is 10.9. The van der Waals surface area contributed by atoms with Crippen LogP contribution in [0.4, 0.5) is 0 Å². The maximum absolute atomic E-state index is 10.9. The first kappa shape index (κ1) is 10.7. The summed E-state index contributed by atoms with van der Waals surface area (Å²) in [5, 5.41) is 4.42. The predicted octanol–water partition coefficient (Wildman–Crippen LogP) is 2.24. The van der Waals surface area contributed by atoms with E-state index in [2.05, 4.69) is 25.9 Å². The molecule has 1 aliphatic rings. The van der Waals surface area contributed by atoms with Crippen LogP contribution in [-0.4, -0.2) is 21.8 Å². The predicted molar refractivity (Wildman–Crippen MR) is 62.5 cm³/mol. The minimum absolute atomic E-state index is 0.0344. The van der Waals surface area contributed by atoms with Crippen molar-refractivity contribution in [3.8, 4) is 0 Å². The molecule has 1 aliphatic heterocycles. The first-order valence-corrected chi connectivity index (χ1v) is 6.33. The van der Waals surface area contributed by atoms with Crippen LogP contribution in [0.2, 0.25) is 0 Å². The lowest BCUT2D eigenvalue weighted by molar-refractivity contribution is 0.111. The van der Waals surface area contributed by atoms with Crippen molar-refractivity contribution in [3.05, 3.63) is 17.0 Å². The second-order valence-electron chi connectivity index (χ2n) is 4.81. The highest BCUT2D eigenvalue weighted by Gasteiger charge is 2.26. The van der Waals surface area contributed by atoms with Gasteiger partial charge in [-0.25, -0.2) is 0 Å². The molecule has 0 amide bonds. The fraction of sp³-hybridized carbons (Fsp3) is 0.636. The summed E-state index contributed by atoms with van der Waals surface area (Å²) in [6.45, 7) is 6.36. The quantitative estimate of drug-likeness (QED) is 0.686. The van der Waals surface area contributed by atoms with Crippen LogP contribution in [0.5, 0.6) is 0 Å². The molecule has 0 N–H and O–H groups in total. The summed E-state index contributed by atoms with van der Waals surface area (Å²) in [6.07, 6.45) is 1.91. The Morgan fingerprint density at radius 2 is 2.20 bits per heavy atom. The highest BCUT2D eigenvalue weighted by atomic mass is 32.2. The maximum Gasteiger partial charge on any atom is 0.170 e. The van der Waals surface area contributed by atoms with E-state index >= 15 is 0 Å². The number of aromatic nitrogens is 2. The number of fused-ring (bicyclic) bond motifs is 1. The molecule has 2 rings (SSSR count). The number of thioether (sulfide) groups is 1. The van der Waals surface area contributed by atoms with E-state index in [9.17, 15) is 4.79 Å². The van der Waals surface area contributed by atoms with E-state index < -0.39 is 0 Å². The average Bonchev–Trinajstić information content (AvgIpc) is 2.55. The molecule has 0 unspecified atom stereocenters. The molecule has 15 heavy (non-hydrogen) atoms. The number of hydrogen-bond acceptors (Lipinski definition) is 3. The van der Waals surface area contributed by atoms with Crippen molar-refractivity contribution in [2.75, 3.05) is 5.75 Å². The summed E-state index contributed by atoms with van der Waals surface area (Å²) in [5.74, 6) is 2.06. The van der Waals surface area contributed by atoms with E-state index in [0.29, 0.717) is 5.69 Å². The van der Waals surface area contributed by atoms with Crippen LogP contribution in [0, 0.1) is 0 Å². The number of nitrogens with zero attached hydrogens (tertiary/aromatic N) is 2. The minimum Gasteiger partial charge on any atom is -0.296 e. The lowest BCUT2D eigenvalue weighted by Crippen LogP contribution is -2.26. The van der Waals surface area contributed by atoms with E-state index in [4.69, 9.17) is 0 Å². The highest BCUT2D eigenvalue weighted by molar-refractivity contribution is 7.98. The molecule has 0 bridgehead atoms. The topological polar surface area (TPSA) is 34.9 Å². The van der Waals surface area contributed by atoms with Crippen LogP contribution < -0.4 is 0 Å². The summed E-state index contributed by atoms with van der Waals surface area (Å²) >= 11 is 1.88. The van der Waals surface area contributed by atoms with Gasteiger partial charge in [-0.05, 0) is 32.9 Å². The van der Waals surface area contributed by atoms with E-state index in [0.717, 1.165) is 29.8 Å². The van der Waals surface area contributed by atoms with Crippen LogP contribution in [0.3, 0.4) is 0 Å². The van der Waals surface area contributed by atoms with Crippen LogP contribution in [0.25, 0.3) is 0 Å². The number of rotatable bonds is 1. The number of aldehydes is 1. The third kappa shape index (κ3) is 1.83. The molecular weight excluding hydrogens is 208 g/mol. The van der Waals surface area contributed by atoms with Crippen molar-refractivity contribution < 1.29 is 4.79 Å². The molecule has 1 aromatic rings. The Bertz CT molecular complexity index is 390. The Kier molecular flexibility index (Phi) is 2.63. The molecule has 0 aromatic carbocycles. The lowest BCUT2D eigenvalue weighted by Gasteiger charge is -2.24. The molecule has 4 heteroatoms. The van der Waals surface area contributed by atoms with Gasteiger partial charge in [0.2, 0.25) is 0 Å². The molecule has 0 atom stereocenters. The molecular formula is C11H16N2OS. The zero-order valence-corrected chi connectivity index (χ0v) is 10.2. The summed E-state index contributed by atoms with van der Waals surface area (Å²) in [4.78, 5) is 10.9. The van der Waals surface area contributed by atoms with E-state index in [1.165, 1.54) is 5.69 Å². The Balaban J connectivity index is 2.57. The fourth-order valence-electron chi connectivity index (χ4n) is 1.91. The SMILES string of the molecule is CC(C)(C)n1nc(C=O)c2c1CCSC2. The van der Waals surface area contributed by atoms with E-state index in [1.807, 2.05) is 16.4 Å². The van der Waals surface area contributed by atoms with Gasteiger partial charge in [0.25, 0.3) is 0 Å². The highest BCUT2D eigenvalue weighted by Crippen LogP contribution is 2.30. The molecule has 0 saturated heterocycles. The van der Waals surface area contributed by atoms with Crippen LogP contribution in [0.15, 0.2) is 0 Å². The van der Waals surface area contributed by atoms with E-state index in [1.54, 1.807) is 0 Å². The summed E-state index contributed by atoms with van der Waals surface area (Å²) in [7, 11) is 0. The molecule has 82 valence electrons. The monoisotopic (exact) mass is 224 g/mol. The first-order valence-electron chi connectivity index (χ1n) is 5.18. The van der Waals surface area contributed by atoms with Gasteiger partial charge >= 0.3 is 0 Å². The van der Waals surface area contributed by atoms with Crippen molar-refractivity contribution in [1.82, 2.24) is 9.78 Å². The smallest absolute Gasteiger partial charge is 0.170 e. The lowest BCUT2D eigenvalue weighted by atomic mass is 10.1. The van der Waals surface area contributed by atoms with Gasteiger partial charge in [-0.15, -0.1) is 0 Å². The molecule has 2 heterocycles. The third-order valence-corrected chi connectivity index (χ3v) is 3.58. The van der Waals surface area contributed by atoms with Gasteiger partial charge < -0.3 is 0 Å². The van der Waals surface area contributed by atoms with Crippen molar-refractivity contribution in [2.24, 2.45) is 0 Å². The second kappa shape index (κ2) is 3.67. The summed E-state index contributed by atoms with van der Waals surface area (Å²) < 4.78 is 2.02. The van der Waals surface area contributed by atoms with Crippen molar-refractivity contribution in [3.63, 3.8) is 0 Å². The second-order valence-corrected chi connectivity index (χ2v) is 5.92. The molecule has 0 spiro atoms. The molecule has 0 aliphatic carbocycles. The molecule has 1 aromatic heterocycles. The van der Waals surface area contributed by atoms with Crippen molar-refractivity contribution in [2.45, 2.75) is 38.5 Å². The largest absolute Gasteiger partial charge is 0.296 e. The normalized spacial score (nSPS) is 16.2. The minimum atomic E-state index is -0.0344. The molecule has 0 saturated carbocycles. The number of carbonyl (C=O) groups is 1. The van der Waals surface area contributed by atoms with Gasteiger partial charge in [0.1, 0.15) is 5.69 Å². The Morgan fingerprint density at radius 3 is 2.80 bits per heavy atom. The standard InChI is InChI=1S/C11H16N2OS/c1-11(2,3)13-10-4-5-15-7-8(10)9(6-14)12-13/h6H,4-5,7H2,1-3H3.